The molecular formula is C31H39F3N8O2. The third-order valence-electron chi connectivity index (χ3n) is 9.38. The van der Waals surface area contributed by atoms with Crippen molar-refractivity contribution < 1.29 is 22.8 Å². The number of hydrogen-bond donors (Lipinski definition) is 6. The van der Waals surface area contributed by atoms with E-state index in [2.05, 4.69) is 61.5 Å². The summed E-state index contributed by atoms with van der Waals surface area (Å²) in [6.07, 6.45) is 5.51. The van der Waals surface area contributed by atoms with Crippen molar-refractivity contribution in [3.05, 3.63) is 65.5 Å². The molecule has 0 unspecified atom stereocenters. The molecule has 0 bridgehead atoms. The van der Waals surface area contributed by atoms with Crippen LogP contribution in [0.2, 0.25) is 0 Å². The lowest BCUT2D eigenvalue weighted by Gasteiger charge is -2.46. The van der Waals surface area contributed by atoms with E-state index in [1.807, 2.05) is 6.07 Å². The zero-order valence-electron chi connectivity index (χ0n) is 24.5. The highest BCUT2D eigenvalue weighted by atomic mass is 19.4. The van der Waals surface area contributed by atoms with Gasteiger partial charge in [-0.3, -0.25) is 9.59 Å². The Balaban J connectivity index is 1.18. The maximum absolute atomic E-state index is 14.2. The van der Waals surface area contributed by atoms with Gasteiger partial charge in [-0.05, 0) is 62.1 Å². The number of imidazole rings is 1. The van der Waals surface area contributed by atoms with E-state index in [-0.39, 0.29) is 28.4 Å². The molecule has 1 aliphatic carbocycles. The van der Waals surface area contributed by atoms with Crippen LogP contribution < -0.4 is 27.2 Å². The van der Waals surface area contributed by atoms with E-state index in [9.17, 15) is 22.8 Å². The Hall–Kier alpha value is -3.52. The van der Waals surface area contributed by atoms with Crippen molar-refractivity contribution in [1.29, 1.82) is 0 Å². The number of amides is 2. The van der Waals surface area contributed by atoms with E-state index in [1.54, 1.807) is 4.90 Å². The Morgan fingerprint density at radius 1 is 0.977 bits per heavy atom. The number of aromatic nitrogens is 2. The van der Waals surface area contributed by atoms with Crippen LogP contribution in [0, 0.1) is 11.8 Å². The Bertz CT molecular complexity index is 1450. The second kappa shape index (κ2) is 12.8. The molecule has 2 amide bonds. The number of rotatable bonds is 6. The largest absolute Gasteiger partial charge is 0.416 e. The maximum atomic E-state index is 14.2. The van der Waals surface area contributed by atoms with E-state index in [4.69, 9.17) is 0 Å². The first-order chi connectivity index (χ1) is 21.2. The first-order valence-electron chi connectivity index (χ1n) is 15.5. The molecule has 6 rings (SSSR count). The summed E-state index contributed by atoms with van der Waals surface area (Å²) in [5.74, 6) is -1.26. The number of aromatic amines is 1. The fraction of sp³-hybridized carbons (Fsp3) is 0.516. The predicted molar refractivity (Wildman–Crippen MR) is 158 cm³/mol. The number of benzene rings is 2. The van der Waals surface area contributed by atoms with Crippen LogP contribution in [-0.4, -0.2) is 45.1 Å². The molecule has 236 valence electrons. The van der Waals surface area contributed by atoms with Gasteiger partial charge in [0, 0.05) is 12.5 Å². The van der Waals surface area contributed by atoms with Gasteiger partial charge in [0.2, 0.25) is 5.91 Å². The SMILES string of the molecule is O=C(N[C@H]1CCCCN(C2(C3CCCC(Cc4ccccc4)CCC3)NNNN2)C1=O)c1cc(C(F)(F)F)cc2nc[nH]c12. The molecule has 3 aromatic rings. The summed E-state index contributed by atoms with van der Waals surface area (Å²) in [7, 11) is 0. The number of carbonyl (C=O) groups is 2. The standard InChI is InChI=1S/C31H39F3N8O2/c32-30(33,34)23-17-24(27-26(18-23)35-19-36-27)28(43)37-25-14-4-5-15-42(29(25)44)31(38-40-41-39-31)22-12-6-10-21(11-7-13-22)16-20-8-2-1-3-9-20/h1-3,8-9,17-19,21-22,25,38-41H,4-7,10-16H2,(H,35,36)(H,37,43)/t21?,22?,25-/m0/s1. The van der Waals surface area contributed by atoms with Crippen molar-refractivity contribution in [2.24, 2.45) is 11.8 Å². The molecule has 1 atom stereocenters. The summed E-state index contributed by atoms with van der Waals surface area (Å²) >= 11 is 0. The van der Waals surface area contributed by atoms with E-state index >= 15 is 0 Å². The highest BCUT2D eigenvalue weighted by Gasteiger charge is 2.50. The molecule has 0 spiro atoms. The van der Waals surface area contributed by atoms with E-state index in [0.29, 0.717) is 25.3 Å². The topological polar surface area (TPSA) is 126 Å². The normalized spacial score (nSPS) is 24.9. The number of nitrogens with zero attached hydrogens (tertiary/aromatic N) is 2. The zero-order valence-corrected chi connectivity index (χ0v) is 24.5. The lowest BCUT2D eigenvalue weighted by Crippen LogP contribution is -2.71. The van der Waals surface area contributed by atoms with Gasteiger partial charge in [-0.15, -0.1) is 0 Å². The highest BCUT2D eigenvalue weighted by Crippen LogP contribution is 2.37. The number of halogens is 3. The van der Waals surface area contributed by atoms with Crippen molar-refractivity contribution in [3.63, 3.8) is 0 Å². The second-order valence-corrected chi connectivity index (χ2v) is 12.2. The number of likely N-dealkylation sites (tertiary alicyclic amines) is 1. The number of carbonyl (C=O) groups excluding carboxylic acids is 2. The molecule has 6 N–H and O–H groups in total. The minimum absolute atomic E-state index is 0.0320. The molecule has 3 heterocycles. The van der Waals surface area contributed by atoms with Crippen LogP contribution in [0.1, 0.15) is 79.3 Å². The van der Waals surface area contributed by atoms with Crippen LogP contribution in [0.4, 0.5) is 13.2 Å². The lowest BCUT2D eigenvalue weighted by atomic mass is 9.80. The van der Waals surface area contributed by atoms with Gasteiger partial charge in [-0.25, -0.2) is 15.8 Å². The van der Waals surface area contributed by atoms with Crippen molar-refractivity contribution in [3.8, 4) is 0 Å². The zero-order chi connectivity index (χ0) is 30.7. The molecule has 10 nitrogen and oxygen atoms in total. The molecule has 2 aromatic carbocycles. The molecule has 3 aliphatic rings. The van der Waals surface area contributed by atoms with Crippen LogP contribution in [0.15, 0.2) is 48.8 Å². The van der Waals surface area contributed by atoms with Gasteiger partial charge in [0.15, 0.2) is 5.79 Å². The Kier molecular flexibility index (Phi) is 8.90. The van der Waals surface area contributed by atoms with Crippen LogP contribution in [0.5, 0.6) is 0 Å². The Morgan fingerprint density at radius 3 is 2.41 bits per heavy atom. The second-order valence-electron chi connectivity index (χ2n) is 12.2. The first kappa shape index (κ1) is 30.5. The van der Waals surface area contributed by atoms with Crippen LogP contribution in [0.3, 0.4) is 0 Å². The van der Waals surface area contributed by atoms with E-state index in [1.165, 1.54) is 11.9 Å². The van der Waals surface area contributed by atoms with Crippen molar-refractivity contribution >= 4 is 22.8 Å². The Labute approximate surface area is 253 Å². The van der Waals surface area contributed by atoms with Crippen LogP contribution in [-0.2, 0) is 17.4 Å². The fourth-order valence-corrected chi connectivity index (χ4v) is 7.16. The van der Waals surface area contributed by atoms with Gasteiger partial charge in [0.05, 0.1) is 28.5 Å². The third kappa shape index (κ3) is 6.32. The lowest BCUT2D eigenvalue weighted by molar-refractivity contribution is -0.146. The van der Waals surface area contributed by atoms with E-state index < -0.39 is 29.5 Å². The molecule has 0 radical (unpaired) electrons. The number of nitrogens with one attached hydrogen (secondary N) is 6. The summed E-state index contributed by atoms with van der Waals surface area (Å²) < 4.78 is 40.8. The number of hydrazine groups is 3. The molecule has 2 aliphatic heterocycles. The summed E-state index contributed by atoms with van der Waals surface area (Å²) in [6, 6.07) is 11.4. The van der Waals surface area contributed by atoms with Gasteiger partial charge in [-0.2, -0.15) is 24.2 Å². The molecule has 1 aromatic heterocycles. The fourth-order valence-electron chi connectivity index (χ4n) is 7.16. The number of alkyl halides is 3. The molecule has 13 heteroatoms. The highest BCUT2D eigenvalue weighted by molar-refractivity contribution is 6.06. The molecule has 44 heavy (non-hydrogen) atoms. The van der Waals surface area contributed by atoms with Gasteiger partial charge >= 0.3 is 6.18 Å². The van der Waals surface area contributed by atoms with Crippen molar-refractivity contribution in [2.75, 3.05) is 6.54 Å². The van der Waals surface area contributed by atoms with Gasteiger partial charge in [0.25, 0.3) is 5.91 Å². The number of hydrogen-bond acceptors (Lipinski definition) is 7. The summed E-state index contributed by atoms with van der Waals surface area (Å²) in [5, 5.41) is 2.77. The molecule has 3 fully saturated rings. The predicted octanol–water partition coefficient (Wildman–Crippen LogP) is 4.29. The van der Waals surface area contributed by atoms with Crippen molar-refractivity contribution in [1.82, 2.24) is 42.1 Å². The summed E-state index contributed by atoms with van der Waals surface area (Å²) in [6.45, 7) is 0.468. The van der Waals surface area contributed by atoms with Gasteiger partial charge in [-0.1, -0.05) is 56.0 Å². The summed E-state index contributed by atoms with van der Waals surface area (Å²) in [4.78, 5) is 36.1. The van der Waals surface area contributed by atoms with Gasteiger partial charge in [0.1, 0.15) is 6.04 Å². The van der Waals surface area contributed by atoms with Crippen LogP contribution in [0.25, 0.3) is 11.0 Å². The molecule has 1 saturated carbocycles. The van der Waals surface area contributed by atoms with Gasteiger partial charge < -0.3 is 15.2 Å². The minimum Gasteiger partial charge on any atom is -0.344 e. The minimum atomic E-state index is -4.65. The third-order valence-corrected chi connectivity index (χ3v) is 9.38. The Morgan fingerprint density at radius 2 is 1.70 bits per heavy atom. The smallest absolute Gasteiger partial charge is 0.344 e. The van der Waals surface area contributed by atoms with Crippen molar-refractivity contribution in [2.45, 2.75) is 82.2 Å². The first-order valence-corrected chi connectivity index (χ1v) is 15.5. The average Bonchev–Trinajstić information content (AvgIpc) is 3.64. The monoisotopic (exact) mass is 612 g/mol. The number of fused-ring (bicyclic) bond motifs is 1. The molecule has 2 saturated heterocycles. The summed E-state index contributed by atoms with van der Waals surface area (Å²) in [5.41, 5.74) is 12.9. The maximum Gasteiger partial charge on any atom is 0.416 e. The van der Waals surface area contributed by atoms with Crippen LogP contribution >= 0.6 is 0 Å². The molecular weight excluding hydrogens is 573 g/mol. The number of H-pyrrole nitrogens is 1. The quantitative estimate of drug-likeness (QED) is 0.245. The average molecular weight is 613 g/mol. The van der Waals surface area contributed by atoms with E-state index in [0.717, 1.165) is 63.5 Å².